The number of hydrogen-bond acceptors (Lipinski definition) is 7. The number of fused-ring (bicyclic) bond motifs is 1. The summed E-state index contributed by atoms with van der Waals surface area (Å²) in [4.78, 5) is 17.6. The summed E-state index contributed by atoms with van der Waals surface area (Å²) in [5.41, 5.74) is 0.859. The summed E-state index contributed by atoms with van der Waals surface area (Å²) in [6, 6.07) is 1.61. The van der Waals surface area contributed by atoms with Gasteiger partial charge in [-0.15, -0.1) is 11.3 Å². The Morgan fingerprint density at radius 3 is 2.96 bits per heavy atom. The average molecular weight is 376 g/mol. The third kappa shape index (κ3) is 3.22. The van der Waals surface area contributed by atoms with Crippen molar-refractivity contribution < 1.29 is 24.1 Å². The van der Waals surface area contributed by atoms with Crippen molar-refractivity contribution in [1.29, 1.82) is 0 Å². The lowest BCUT2D eigenvalue weighted by Gasteiger charge is -2.38. The minimum absolute atomic E-state index is 0.149. The van der Waals surface area contributed by atoms with E-state index in [1.54, 1.807) is 24.9 Å². The number of methoxy groups -OCH3 is 1. The maximum Gasteiger partial charge on any atom is 0.265 e. The van der Waals surface area contributed by atoms with Crippen molar-refractivity contribution in [3.05, 3.63) is 34.3 Å². The number of carbonyl (C=O) groups is 1. The van der Waals surface area contributed by atoms with Crippen molar-refractivity contribution in [1.82, 2.24) is 10.3 Å². The fourth-order valence-corrected chi connectivity index (χ4v) is 4.15. The van der Waals surface area contributed by atoms with Crippen LogP contribution in [-0.2, 0) is 0 Å². The molecular formula is C18H20N2O5S. The van der Waals surface area contributed by atoms with Crippen LogP contribution in [0.3, 0.4) is 0 Å². The largest absolute Gasteiger partial charge is 0.495 e. The summed E-state index contributed by atoms with van der Waals surface area (Å²) in [5, 5.41) is 14.6. The van der Waals surface area contributed by atoms with Gasteiger partial charge in [-0.25, -0.2) is 0 Å². The lowest BCUT2D eigenvalue weighted by molar-refractivity contribution is 0.0234. The van der Waals surface area contributed by atoms with Gasteiger partial charge in [0.05, 0.1) is 25.5 Å². The molecule has 4 rings (SSSR count). The van der Waals surface area contributed by atoms with E-state index in [9.17, 15) is 9.90 Å². The van der Waals surface area contributed by atoms with Gasteiger partial charge in [-0.3, -0.25) is 9.78 Å². The van der Waals surface area contributed by atoms with Crippen LogP contribution in [0.2, 0.25) is 0 Å². The SMILES string of the molecule is COc1cncc(C(NC(=O)c2scc3c2OCCO3)C2CC(O)C2)c1. The maximum atomic E-state index is 12.9. The number of ether oxygens (including phenoxy) is 3. The number of amides is 1. The van der Waals surface area contributed by atoms with Gasteiger partial charge in [-0.2, -0.15) is 0 Å². The molecule has 3 heterocycles. The van der Waals surface area contributed by atoms with E-state index < -0.39 is 0 Å². The molecule has 1 unspecified atom stereocenters. The van der Waals surface area contributed by atoms with Crippen LogP contribution in [0.5, 0.6) is 17.2 Å². The first kappa shape index (κ1) is 17.1. The quantitative estimate of drug-likeness (QED) is 0.831. The standard InChI is InChI=1S/C18H20N2O5S/c1-23-13-6-11(7-19-8-13)15(10-4-12(21)5-10)20-18(22)17-16-14(9-26-17)24-2-3-25-16/h6-10,12,15,21H,2-5H2,1H3,(H,20,22). The van der Waals surface area contributed by atoms with Crippen molar-refractivity contribution in [3.63, 3.8) is 0 Å². The first-order valence-corrected chi connectivity index (χ1v) is 9.38. The maximum absolute atomic E-state index is 12.9. The summed E-state index contributed by atoms with van der Waals surface area (Å²) < 4.78 is 16.4. The van der Waals surface area contributed by atoms with Crippen LogP contribution in [0, 0.1) is 5.92 Å². The Morgan fingerprint density at radius 1 is 1.38 bits per heavy atom. The van der Waals surface area contributed by atoms with Crippen LogP contribution in [0.4, 0.5) is 0 Å². The number of aromatic nitrogens is 1. The second-order valence-electron chi connectivity index (χ2n) is 6.45. The van der Waals surface area contributed by atoms with E-state index in [0.717, 1.165) is 5.56 Å². The van der Waals surface area contributed by atoms with Gasteiger partial charge in [0, 0.05) is 11.6 Å². The molecule has 26 heavy (non-hydrogen) atoms. The van der Waals surface area contributed by atoms with Gasteiger partial charge >= 0.3 is 0 Å². The minimum Gasteiger partial charge on any atom is -0.495 e. The molecule has 1 fully saturated rings. The molecule has 1 atom stereocenters. The lowest BCUT2D eigenvalue weighted by atomic mass is 9.75. The number of hydrogen-bond donors (Lipinski definition) is 2. The third-order valence-corrected chi connectivity index (χ3v) is 5.68. The Hall–Kier alpha value is -2.32. The Balaban J connectivity index is 1.58. The number of aliphatic hydroxyl groups is 1. The monoisotopic (exact) mass is 376 g/mol. The first-order chi connectivity index (χ1) is 12.7. The van der Waals surface area contributed by atoms with E-state index in [2.05, 4.69) is 10.3 Å². The molecule has 2 aliphatic rings. The highest BCUT2D eigenvalue weighted by molar-refractivity contribution is 7.12. The van der Waals surface area contributed by atoms with E-state index >= 15 is 0 Å². The van der Waals surface area contributed by atoms with E-state index in [-0.39, 0.29) is 24.0 Å². The van der Waals surface area contributed by atoms with Crippen molar-refractivity contribution in [2.75, 3.05) is 20.3 Å². The second kappa shape index (κ2) is 7.13. The van der Waals surface area contributed by atoms with E-state index in [4.69, 9.17) is 14.2 Å². The highest BCUT2D eigenvalue weighted by Gasteiger charge is 2.37. The zero-order valence-electron chi connectivity index (χ0n) is 14.3. The molecule has 7 nitrogen and oxygen atoms in total. The van der Waals surface area contributed by atoms with Crippen molar-refractivity contribution in [2.45, 2.75) is 25.0 Å². The van der Waals surface area contributed by atoms with Gasteiger partial charge in [0.25, 0.3) is 5.91 Å². The van der Waals surface area contributed by atoms with Crippen LogP contribution >= 0.6 is 11.3 Å². The molecule has 0 spiro atoms. The highest BCUT2D eigenvalue weighted by Crippen LogP contribution is 2.41. The van der Waals surface area contributed by atoms with Crippen LogP contribution in [0.1, 0.15) is 34.1 Å². The number of thiophene rings is 1. The van der Waals surface area contributed by atoms with Crippen LogP contribution in [0.25, 0.3) is 0 Å². The molecule has 8 heteroatoms. The molecule has 2 N–H and O–H groups in total. The van der Waals surface area contributed by atoms with E-state index in [1.807, 2.05) is 6.07 Å². The fraction of sp³-hybridized carbons (Fsp3) is 0.444. The predicted molar refractivity (Wildman–Crippen MR) is 95.0 cm³/mol. The number of rotatable bonds is 5. The number of aliphatic hydroxyl groups excluding tert-OH is 1. The van der Waals surface area contributed by atoms with Gasteiger partial charge in [-0.05, 0) is 30.4 Å². The van der Waals surface area contributed by atoms with Crippen molar-refractivity contribution in [3.8, 4) is 17.2 Å². The zero-order chi connectivity index (χ0) is 18.1. The molecule has 0 bridgehead atoms. The summed E-state index contributed by atoms with van der Waals surface area (Å²) in [6.45, 7) is 0.922. The van der Waals surface area contributed by atoms with Crippen molar-refractivity contribution in [2.24, 2.45) is 5.92 Å². The smallest absolute Gasteiger partial charge is 0.265 e. The molecule has 1 aliphatic heterocycles. The number of pyridine rings is 1. The van der Waals surface area contributed by atoms with Crippen LogP contribution in [-0.4, -0.2) is 42.4 Å². The number of nitrogens with one attached hydrogen (secondary N) is 1. The molecule has 0 radical (unpaired) electrons. The normalized spacial score (nSPS) is 22.2. The average Bonchev–Trinajstić information content (AvgIpc) is 3.08. The second-order valence-corrected chi connectivity index (χ2v) is 7.33. The Bertz CT molecular complexity index is 803. The molecule has 2 aromatic heterocycles. The summed E-state index contributed by atoms with van der Waals surface area (Å²) in [6.07, 6.45) is 4.32. The zero-order valence-corrected chi connectivity index (χ0v) is 15.1. The Morgan fingerprint density at radius 2 is 2.19 bits per heavy atom. The van der Waals surface area contributed by atoms with E-state index in [1.165, 1.54) is 11.3 Å². The molecule has 1 aliphatic carbocycles. The topological polar surface area (TPSA) is 89.9 Å². The first-order valence-electron chi connectivity index (χ1n) is 8.50. The van der Waals surface area contributed by atoms with Gasteiger partial charge in [0.15, 0.2) is 11.5 Å². The summed E-state index contributed by atoms with van der Waals surface area (Å²) in [5.74, 6) is 1.69. The Kier molecular flexibility index (Phi) is 4.69. The van der Waals surface area contributed by atoms with Gasteiger partial charge in [-0.1, -0.05) is 0 Å². The lowest BCUT2D eigenvalue weighted by Crippen LogP contribution is -2.41. The Labute approximate surface area is 154 Å². The highest BCUT2D eigenvalue weighted by atomic mass is 32.1. The van der Waals surface area contributed by atoms with Gasteiger partial charge in [0.1, 0.15) is 23.8 Å². The van der Waals surface area contributed by atoms with Gasteiger partial charge in [0.2, 0.25) is 0 Å². The molecular weight excluding hydrogens is 356 g/mol. The number of nitrogens with zero attached hydrogens (tertiary/aromatic N) is 1. The summed E-state index contributed by atoms with van der Waals surface area (Å²) in [7, 11) is 1.58. The molecule has 1 saturated carbocycles. The fourth-order valence-electron chi connectivity index (χ4n) is 3.32. The third-order valence-electron chi connectivity index (χ3n) is 4.74. The van der Waals surface area contributed by atoms with Crippen LogP contribution < -0.4 is 19.5 Å². The molecule has 138 valence electrons. The molecule has 0 saturated heterocycles. The summed E-state index contributed by atoms with van der Waals surface area (Å²) >= 11 is 1.30. The predicted octanol–water partition coefficient (Wildman–Crippen LogP) is 2.16. The molecule has 1 amide bonds. The van der Waals surface area contributed by atoms with Crippen LogP contribution in [0.15, 0.2) is 23.8 Å². The minimum atomic E-state index is -0.316. The van der Waals surface area contributed by atoms with Gasteiger partial charge < -0.3 is 24.6 Å². The van der Waals surface area contributed by atoms with E-state index in [0.29, 0.717) is 48.2 Å². The molecule has 0 aromatic carbocycles. The number of carbonyl (C=O) groups excluding carboxylic acids is 1. The molecule has 2 aromatic rings. The van der Waals surface area contributed by atoms with Crippen molar-refractivity contribution >= 4 is 17.2 Å².